The van der Waals surface area contributed by atoms with Gasteiger partial charge in [0, 0.05) is 39.5 Å². The second kappa shape index (κ2) is 11.6. The Morgan fingerprint density at radius 3 is 1.89 bits per heavy atom. The lowest BCUT2D eigenvalue weighted by atomic mass is 9.73. The molecule has 36 heavy (non-hydrogen) atoms. The molecule has 2 aliphatic heterocycles. The fourth-order valence-corrected chi connectivity index (χ4v) is 4.97. The number of fused-ring (bicyclic) bond motifs is 2. The molecule has 0 aliphatic carbocycles. The van der Waals surface area contributed by atoms with Crippen LogP contribution in [0.5, 0.6) is 0 Å². The summed E-state index contributed by atoms with van der Waals surface area (Å²) in [5.41, 5.74) is -1.18. The lowest BCUT2D eigenvalue weighted by Crippen LogP contribution is -2.59. The largest absolute Gasteiger partial charge is 0.462 e. The van der Waals surface area contributed by atoms with Crippen LogP contribution in [-0.2, 0) is 52.4 Å². The van der Waals surface area contributed by atoms with Crippen LogP contribution in [0.1, 0.15) is 54.4 Å². The molecule has 0 amide bonds. The van der Waals surface area contributed by atoms with Gasteiger partial charge < -0.3 is 28.4 Å². The summed E-state index contributed by atoms with van der Waals surface area (Å²) in [5, 5.41) is 12.1. The van der Waals surface area contributed by atoms with Crippen molar-refractivity contribution in [2.75, 3.05) is 6.61 Å². The van der Waals surface area contributed by atoms with Crippen molar-refractivity contribution in [1.82, 2.24) is 0 Å². The molecule has 2 rings (SSSR count). The van der Waals surface area contributed by atoms with E-state index in [0.29, 0.717) is 12.8 Å². The predicted molar refractivity (Wildman–Crippen MR) is 116 cm³/mol. The molecule has 0 unspecified atom stereocenters. The van der Waals surface area contributed by atoms with Gasteiger partial charge in [-0.25, -0.2) is 0 Å². The van der Waals surface area contributed by atoms with Crippen molar-refractivity contribution >= 4 is 29.8 Å². The Hall–Kier alpha value is -3.29. The van der Waals surface area contributed by atoms with Crippen LogP contribution in [0.3, 0.4) is 0 Å². The van der Waals surface area contributed by atoms with E-state index in [1.54, 1.807) is 6.92 Å². The average Bonchev–Trinajstić information content (AvgIpc) is 3.24. The second-order valence-corrected chi connectivity index (χ2v) is 8.99. The van der Waals surface area contributed by atoms with Crippen LogP contribution in [-0.4, -0.2) is 83.5 Å². The molecule has 2 fully saturated rings. The van der Waals surface area contributed by atoms with Crippen LogP contribution in [0, 0.1) is 16.0 Å². The summed E-state index contributed by atoms with van der Waals surface area (Å²) in [4.78, 5) is 71.1. The minimum absolute atomic E-state index is 0.376. The first kappa shape index (κ1) is 28.9. The van der Waals surface area contributed by atoms with E-state index in [1.165, 1.54) is 0 Å². The Labute approximate surface area is 207 Å². The maximum atomic E-state index is 12.1. The van der Waals surface area contributed by atoms with Crippen LogP contribution < -0.4 is 0 Å². The molecule has 0 N–H and O–H groups in total. The first-order valence-electron chi connectivity index (χ1n) is 11.3. The van der Waals surface area contributed by atoms with E-state index in [2.05, 4.69) is 0 Å². The molecule has 2 heterocycles. The summed E-state index contributed by atoms with van der Waals surface area (Å²) in [6, 6.07) is -1.36. The first-order valence-corrected chi connectivity index (χ1v) is 11.3. The molecule has 0 aromatic carbocycles. The minimum atomic E-state index is -1.69. The summed E-state index contributed by atoms with van der Waals surface area (Å²) in [7, 11) is 0. The van der Waals surface area contributed by atoms with Crippen molar-refractivity contribution in [3.8, 4) is 0 Å². The van der Waals surface area contributed by atoms with Crippen molar-refractivity contribution in [3.63, 3.8) is 0 Å². The number of carbonyl (C=O) groups is 5. The third kappa shape index (κ3) is 6.89. The summed E-state index contributed by atoms with van der Waals surface area (Å²) >= 11 is 0. The van der Waals surface area contributed by atoms with Crippen molar-refractivity contribution in [1.29, 1.82) is 0 Å². The normalized spacial score (nSPS) is 27.7. The fraction of sp³-hybridized carbons (Fsp3) is 0.773. The molecule has 14 heteroatoms. The van der Waals surface area contributed by atoms with E-state index in [9.17, 15) is 34.1 Å². The van der Waals surface area contributed by atoms with Crippen LogP contribution in [0.4, 0.5) is 0 Å². The summed E-state index contributed by atoms with van der Waals surface area (Å²) in [5.74, 6) is -5.39. The van der Waals surface area contributed by atoms with Gasteiger partial charge in [0.1, 0.15) is 12.2 Å². The summed E-state index contributed by atoms with van der Waals surface area (Å²) < 4.78 is 32.3. The summed E-state index contributed by atoms with van der Waals surface area (Å²) in [6.45, 7) is 6.19. The average molecular weight is 517 g/mol. The molecular formula is C22H31NO13. The number of nitrogens with zero attached hydrogens (tertiary/aromatic N) is 1. The van der Waals surface area contributed by atoms with Gasteiger partial charge in [-0.15, -0.1) is 0 Å². The van der Waals surface area contributed by atoms with Crippen molar-refractivity contribution < 1.29 is 57.3 Å². The van der Waals surface area contributed by atoms with E-state index < -0.39 is 89.5 Å². The third-order valence-electron chi connectivity index (χ3n) is 6.06. The zero-order chi connectivity index (χ0) is 27.4. The molecule has 8 atom stereocenters. The molecule has 2 saturated heterocycles. The van der Waals surface area contributed by atoms with Crippen molar-refractivity contribution in [3.05, 3.63) is 10.1 Å². The van der Waals surface area contributed by atoms with Crippen LogP contribution >= 0.6 is 0 Å². The number of nitro groups is 1. The molecule has 202 valence electrons. The monoisotopic (exact) mass is 517 g/mol. The van der Waals surface area contributed by atoms with Crippen LogP contribution in [0.25, 0.3) is 0 Å². The Morgan fingerprint density at radius 1 is 0.889 bits per heavy atom. The Kier molecular flexibility index (Phi) is 9.35. The van der Waals surface area contributed by atoms with Gasteiger partial charge in [0.05, 0.1) is 12.0 Å². The minimum Gasteiger partial charge on any atom is -0.462 e. The van der Waals surface area contributed by atoms with E-state index in [4.69, 9.17) is 28.4 Å². The van der Waals surface area contributed by atoms with Crippen molar-refractivity contribution in [2.45, 2.75) is 96.5 Å². The van der Waals surface area contributed by atoms with Gasteiger partial charge in [-0.3, -0.25) is 34.1 Å². The van der Waals surface area contributed by atoms with Crippen LogP contribution in [0.15, 0.2) is 0 Å². The van der Waals surface area contributed by atoms with Gasteiger partial charge in [0.15, 0.2) is 24.4 Å². The smallest absolute Gasteiger partial charge is 0.303 e. The number of rotatable bonds is 11. The van der Waals surface area contributed by atoms with Gasteiger partial charge in [0.2, 0.25) is 6.04 Å². The number of esters is 5. The second-order valence-electron chi connectivity index (χ2n) is 8.99. The molecule has 0 spiro atoms. The highest BCUT2D eigenvalue weighted by Crippen LogP contribution is 2.51. The number of carbonyl (C=O) groups excluding carboxylic acids is 5. The topological polar surface area (TPSA) is 184 Å². The molecule has 2 bridgehead atoms. The Balaban J connectivity index is 2.64. The van der Waals surface area contributed by atoms with E-state index in [1.807, 2.05) is 0 Å². The zero-order valence-corrected chi connectivity index (χ0v) is 20.9. The lowest BCUT2D eigenvalue weighted by Gasteiger charge is -2.39. The van der Waals surface area contributed by atoms with Gasteiger partial charge in [0.25, 0.3) is 0 Å². The lowest BCUT2D eigenvalue weighted by molar-refractivity contribution is -0.546. The molecule has 0 saturated carbocycles. The maximum absolute atomic E-state index is 12.1. The Morgan fingerprint density at radius 2 is 1.42 bits per heavy atom. The molecule has 2 aliphatic rings. The fourth-order valence-electron chi connectivity index (χ4n) is 4.97. The molecular weight excluding hydrogens is 486 g/mol. The maximum Gasteiger partial charge on any atom is 0.303 e. The van der Waals surface area contributed by atoms with Gasteiger partial charge >= 0.3 is 29.8 Å². The van der Waals surface area contributed by atoms with Gasteiger partial charge in [-0.05, 0) is 19.8 Å². The van der Waals surface area contributed by atoms with Gasteiger partial charge in [-0.1, -0.05) is 0 Å². The van der Waals surface area contributed by atoms with E-state index >= 15 is 0 Å². The highest BCUT2D eigenvalue weighted by atomic mass is 16.7. The van der Waals surface area contributed by atoms with Crippen molar-refractivity contribution in [2.24, 2.45) is 5.92 Å². The standard InChI is InChI=1S/C22H31NO13/c1-10(24)31-9-16(32-11(2)25)18(33-12(3)26)20(35-14(5)28)19(34-13(4)27)17-15-7-8-22(6,36-15)21(17)23(29)30/h15-21H,7-9H2,1-6H3/t15-,16-,17-,18+,19+,20+,21-,22+/m1/s1. The predicted octanol–water partition coefficient (Wildman–Crippen LogP) is 0.489. The number of hydrogen-bond donors (Lipinski definition) is 0. The zero-order valence-electron chi connectivity index (χ0n) is 20.9. The van der Waals surface area contributed by atoms with E-state index in [-0.39, 0.29) is 0 Å². The molecule has 0 radical (unpaired) electrons. The number of hydrogen-bond acceptors (Lipinski definition) is 13. The number of ether oxygens (including phenoxy) is 6. The molecule has 0 aromatic heterocycles. The highest BCUT2D eigenvalue weighted by molar-refractivity contribution is 5.69. The summed E-state index contributed by atoms with van der Waals surface area (Å²) in [6.07, 6.45) is -6.38. The molecule has 0 aromatic rings. The first-order chi connectivity index (χ1) is 16.7. The van der Waals surface area contributed by atoms with E-state index in [0.717, 1.165) is 34.6 Å². The Bertz CT molecular complexity index is 904. The molecule has 14 nitrogen and oxygen atoms in total. The van der Waals surface area contributed by atoms with Gasteiger partial charge in [-0.2, -0.15) is 0 Å². The highest BCUT2D eigenvalue weighted by Gasteiger charge is 2.68. The third-order valence-corrected chi connectivity index (χ3v) is 6.06. The quantitative estimate of drug-likeness (QED) is 0.160. The van der Waals surface area contributed by atoms with Crippen LogP contribution in [0.2, 0.25) is 0 Å². The SMILES string of the molecule is CC(=O)OC[C@@H](OC(C)=O)[C@H](OC(C)=O)[C@H](OC(C)=O)[C@@H](OC(C)=O)[C@H]1[C@H]2CC[C@](C)(O2)[C@@H]1[N+](=O)[O-].